The molecule has 34 heavy (non-hydrogen) atoms. The van der Waals surface area contributed by atoms with E-state index in [1.807, 2.05) is 6.92 Å². The molecule has 0 saturated heterocycles. The van der Waals surface area contributed by atoms with Gasteiger partial charge >= 0.3 is 5.97 Å². The fourth-order valence-electron chi connectivity index (χ4n) is 3.97. The molecule has 0 unspecified atom stereocenters. The van der Waals surface area contributed by atoms with Gasteiger partial charge in [0.25, 0.3) is 5.56 Å². The van der Waals surface area contributed by atoms with Crippen LogP contribution in [0.4, 0.5) is 4.39 Å². The first-order valence-corrected chi connectivity index (χ1v) is 11.7. The largest absolute Gasteiger partial charge is 0.462 e. The van der Waals surface area contributed by atoms with Crippen LogP contribution in [0.1, 0.15) is 43.9 Å². The van der Waals surface area contributed by atoms with Crippen molar-refractivity contribution in [1.29, 1.82) is 0 Å². The van der Waals surface area contributed by atoms with Gasteiger partial charge in [0.15, 0.2) is 5.78 Å². The highest BCUT2D eigenvalue weighted by Gasteiger charge is 2.22. The highest BCUT2D eigenvalue weighted by atomic mass is 35.5. The molecule has 7 nitrogen and oxygen atoms in total. The molecule has 4 rings (SSSR count). The van der Waals surface area contributed by atoms with Gasteiger partial charge in [0, 0.05) is 22.6 Å². The fourth-order valence-corrected chi connectivity index (χ4v) is 5.18. The van der Waals surface area contributed by atoms with Crippen molar-refractivity contribution in [2.75, 3.05) is 6.61 Å². The Morgan fingerprint density at radius 3 is 2.62 bits per heavy atom. The third-order valence-electron chi connectivity index (χ3n) is 5.58. The quantitative estimate of drug-likeness (QED) is 0.273. The number of Topliss-reactive ketones (excluding diaryl/α,β-unsaturated/α-hetero) is 1. The maximum Gasteiger partial charge on any atom is 0.348 e. The van der Waals surface area contributed by atoms with Crippen molar-refractivity contribution in [3.8, 4) is 5.69 Å². The van der Waals surface area contributed by atoms with Gasteiger partial charge in [0.1, 0.15) is 15.5 Å². The summed E-state index contributed by atoms with van der Waals surface area (Å²) in [5.74, 6) is -1.31. The van der Waals surface area contributed by atoms with E-state index in [0.717, 1.165) is 17.0 Å². The zero-order chi connectivity index (χ0) is 24.7. The van der Waals surface area contributed by atoms with Gasteiger partial charge in [-0.25, -0.2) is 14.2 Å². The number of thiophene rings is 1. The van der Waals surface area contributed by atoms with Crippen LogP contribution in [0, 0.1) is 26.6 Å². The average Bonchev–Trinajstić information content (AvgIpc) is 3.28. The smallest absolute Gasteiger partial charge is 0.348 e. The molecule has 0 spiro atoms. The van der Waals surface area contributed by atoms with Crippen LogP contribution in [0.3, 0.4) is 0 Å². The minimum atomic E-state index is -0.527. The van der Waals surface area contributed by atoms with Gasteiger partial charge in [0.05, 0.1) is 29.9 Å². The van der Waals surface area contributed by atoms with Gasteiger partial charge in [-0.1, -0.05) is 11.6 Å². The molecule has 0 saturated carbocycles. The summed E-state index contributed by atoms with van der Waals surface area (Å²) in [7, 11) is 0. The first kappa shape index (κ1) is 23.8. The molecule has 0 aliphatic heterocycles. The van der Waals surface area contributed by atoms with Gasteiger partial charge in [-0.3, -0.25) is 14.2 Å². The molecular weight excluding hydrogens is 481 g/mol. The minimum absolute atomic E-state index is 0.0165. The summed E-state index contributed by atoms with van der Waals surface area (Å²) in [4.78, 5) is 43.5. The number of nitrogens with zero attached hydrogens (tertiary/aromatic N) is 3. The van der Waals surface area contributed by atoms with Gasteiger partial charge in [-0.15, -0.1) is 11.3 Å². The summed E-state index contributed by atoms with van der Waals surface area (Å²) in [5.41, 5.74) is 2.55. The monoisotopic (exact) mass is 501 g/mol. The second kappa shape index (κ2) is 9.15. The molecule has 3 heterocycles. The molecule has 0 aliphatic carbocycles. The molecule has 0 bridgehead atoms. The lowest BCUT2D eigenvalue weighted by Gasteiger charge is -2.11. The molecule has 0 radical (unpaired) electrons. The van der Waals surface area contributed by atoms with E-state index in [4.69, 9.17) is 16.3 Å². The third kappa shape index (κ3) is 4.05. The number of rotatable bonds is 6. The van der Waals surface area contributed by atoms with Crippen molar-refractivity contribution >= 4 is 44.9 Å². The lowest BCUT2D eigenvalue weighted by Crippen LogP contribution is -2.25. The SMILES string of the molecule is CCOC(=O)c1sc2ncn(CC(=O)c3cc(C)n(-c4ccc(F)c(Cl)c4)c3C)c(=O)c2c1C. The Kier molecular flexibility index (Phi) is 6.42. The Bertz CT molecular complexity index is 1520. The summed E-state index contributed by atoms with van der Waals surface area (Å²) < 4.78 is 21.7. The van der Waals surface area contributed by atoms with E-state index in [0.29, 0.717) is 37.6 Å². The molecule has 0 atom stereocenters. The van der Waals surface area contributed by atoms with Crippen molar-refractivity contribution in [2.45, 2.75) is 34.2 Å². The minimum Gasteiger partial charge on any atom is -0.462 e. The van der Waals surface area contributed by atoms with Gasteiger partial charge < -0.3 is 9.30 Å². The Morgan fingerprint density at radius 1 is 1.21 bits per heavy atom. The number of ketones is 1. The number of ether oxygens (including phenoxy) is 1. The van der Waals surface area contributed by atoms with E-state index >= 15 is 0 Å². The summed E-state index contributed by atoms with van der Waals surface area (Å²) in [6, 6.07) is 6.07. The van der Waals surface area contributed by atoms with Crippen LogP contribution >= 0.6 is 22.9 Å². The molecule has 0 fully saturated rings. The van der Waals surface area contributed by atoms with Crippen LogP contribution in [0.25, 0.3) is 15.9 Å². The molecule has 10 heteroatoms. The van der Waals surface area contributed by atoms with Crippen LogP contribution in [-0.4, -0.2) is 32.5 Å². The summed E-state index contributed by atoms with van der Waals surface area (Å²) in [6.07, 6.45) is 1.31. The van der Waals surface area contributed by atoms with Gasteiger partial charge in [0.2, 0.25) is 0 Å². The number of aromatic nitrogens is 3. The number of esters is 1. The Morgan fingerprint density at radius 2 is 1.94 bits per heavy atom. The van der Waals surface area contributed by atoms with Crippen molar-refractivity contribution in [2.24, 2.45) is 0 Å². The van der Waals surface area contributed by atoms with E-state index in [2.05, 4.69) is 4.98 Å². The average molecular weight is 502 g/mol. The number of aryl methyl sites for hydroxylation is 2. The van der Waals surface area contributed by atoms with Crippen molar-refractivity contribution in [3.63, 3.8) is 0 Å². The summed E-state index contributed by atoms with van der Waals surface area (Å²) in [6.45, 7) is 6.98. The third-order valence-corrected chi connectivity index (χ3v) is 7.05. The highest BCUT2D eigenvalue weighted by Crippen LogP contribution is 2.28. The molecule has 0 N–H and O–H groups in total. The molecular formula is C24H21ClFN3O4S. The number of carbonyl (C=O) groups excluding carboxylic acids is 2. The Balaban J connectivity index is 1.69. The maximum atomic E-state index is 13.6. The maximum absolute atomic E-state index is 13.6. The van der Waals surface area contributed by atoms with Gasteiger partial charge in [-0.2, -0.15) is 0 Å². The highest BCUT2D eigenvalue weighted by molar-refractivity contribution is 7.20. The van der Waals surface area contributed by atoms with E-state index in [9.17, 15) is 18.8 Å². The number of halogens is 2. The molecule has 0 aliphatic rings. The van der Waals surface area contributed by atoms with Crippen molar-refractivity contribution in [3.05, 3.63) is 79.2 Å². The molecule has 3 aromatic heterocycles. The van der Waals surface area contributed by atoms with Crippen LogP contribution in [0.2, 0.25) is 5.02 Å². The normalized spacial score (nSPS) is 11.2. The number of hydrogen-bond acceptors (Lipinski definition) is 6. The van der Waals surface area contributed by atoms with E-state index < -0.39 is 17.3 Å². The topological polar surface area (TPSA) is 83.2 Å². The van der Waals surface area contributed by atoms with Crippen LogP contribution < -0.4 is 5.56 Å². The first-order chi connectivity index (χ1) is 16.1. The first-order valence-electron chi connectivity index (χ1n) is 10.5. The van der Waals surface area contributed by atoms with Crippen molar-refractivity contribution < 1.29 is 18.7 Å². The van der Waals surface area contributed by atoms with E-state index in [1.165, 1.54) is 23.0 Å². The second-order valence-electron chi connectivity index (χ2n) is 7.78. The summed E-state index contributed by atoms with van der Waals surface area (Å²) in [5, 5.41) is 0.284. The Hall–Kier alpha value is -3.30. The zero-order valence-corrected chi connectivity index (χ0v) is 20.5. The lowest BCUT2D eigenvalue weighted by atomic mass is 10.1. The Labute approximate surface area is 203 Å². The molecule has 0 amide bonds. The predicted molar refractivity (Wildman–Crippen MR) is 129 cm³/mol. The van der Waals surface area contributed by atoms with Crippen LogP contribution in [-0.2, 0) is 11.3 Å². The number of hydrogen-bond donors (Lipinski definition) is 0. The molecule has 1 aromatic carbocycles. The van der Waals surface area contributed by atoms with E-state index in [1.54, 1.807) is 37.5 Å². The van der Waals surface area contributed by atoms with Crippen LogP contribution in [0.5, 0.6) is 0 Å². The standard InChI is InChI=1S/C24H21ClFN3O4S/c1-5-33-24(32)21-13(3)20-22(34-21)27-11-28(23(20)31)10-19(30)16-8-12(2)29(14(16)4)15-6-7-18(26)17(25)9-15/h6-9,11H,5,10H2,1-4H3. The lowest BCUT2D eigenvalue weighted by molar-refractivity contribution is 0.0531. The number of fused-ring (bicyclic) bond motifs is 1. The predicted octanol–water partition coefficient (Wildman–Crippen LogP) is 5.03. The zero-order valence-electron chi connectivity index (χ0n) is 18.9. The molecule has 4 aromatic rings. The number of carbonyl (C=O) groups is 2. The fraction of sp³-hybridized carbons (Fsp3) is 0.250. The second-order valence-corrected chi connectivity index (χ2v) is 9.18. The van der Waals surface area contributed by atoms with E-state index in [-0.39, 0.29) is 24.0 Å². The molecule has 176 valence electrons. The van der Waals surface area contributed by atoms with Crippen molar-refractivity contribution in [1.82, 2.24) is 14.1 Å². The summed E-state index contributed by atoms with van der Waals surface area (Å²) >= 11 is 7.03. The van der Waals surface area contributed by atoms with Gasteiger partial charge in [-0.05, 0) is 57.5 Å². The number of benzene rings is 1. The van der Waals surface area contributed by atoms with Crippen LogP contribution in [0.15, 0.2) is 35.4 Å².